The summed E-state index contributed by atoms with van der Waals surface area (Å²) in [6, 6.07) is 13.1. The van der Waals surface area contributed by atoms with Crippen molar-refractivity contribution in [1.82, 2.24) is 19.5 Å². The Kier molecular flexibility index (Phi) is 6.64. The summed E-state index contributed by atoms with van der Waals surface area (Å²) in [4.78, 5) is 7.00. The van der Waals surface area contributed by atoms with Gasteiger partial charge in [-0.3, -0.25) is 4.90 Å². The molecule has 0 radical (unpaired) electrons. The van der Waals surface area contributed by atoms with Gasteiger partial charge in [0.25, 0.3) is 0 Å². The molecule has 0 unspecified atom stereocenters. The number of aromatic nitrogens is 3. The molecule has 1 saturated heterocycles. The van der Waals surface area contributed by atoms with E-state index >= 15 is 0 Å². The predicted octanol–water partition coefficient (Wildman–Crippen LogP) is 3.07. The Balaban J connectivity index is 0.00000109. The Morgan fingerprint density at radius 3 is 2.61 bits per heavy atom. The van der Waals surface area contributed by atoms with Crippen molar-refractivity contribution in [2.24, 2.45) is 5.73 Å². The number of piperidine rings is 1. The van der Waals surface area contributed by atoms with E-state index < -0.39 is 0 Å². The summed E-state index contributed by atoms with van der Waals surface area (Å²) in [6.07, 6.45) is 13.8. The van der Waals surface area contributed by atoms with E-state index in [-0.39, 0.29) is 6.04 Å². The average Bonchev–Trinajstić information content (AvgIpc) is 3.16. The van der Waals surface area contributed by atoms with Crippen LogP contribution in [0, 0.1) is 12.8 Å². The first-order valence-electron chi connectivity index (χ1n) is 9.64. The van der Waals surface area contributed by atoms with Crippen LogP contribution in [0.15, 0.2) is 48.9 Å². The molecule has 3 heterocycles. The lowest BCUT2D eigenvalue weighted by atomic mass is 10.1. The number of rotatable bonds is 5. The zero-order valence-corrected chi connectivity index (χ0v) is 16.3. The monoisotopic (exact) mass is 376 g/mol. The van der Waals surface area contributed by atoms with Crippen molar-refractivity contribution in [2.45, 2.75) is 38.4 Å². The SMILES string of the molecule is C#C.C[C@H](Nc1ncnn2ccc(CN3CCC(N)CC3)c12)c1ccccc1. The highest BCUT2D eigenvalue weighted by Gasteiger charge is 2.19. The van der Waals surface area contributed by atoms with E-state index in [0.29, 0.717) is 6.04 Å². The Morgan fingerprint density at radius 2 is 1.89 bits per heavy atom. The zero-order valence-electron chi connectivity index (χ0n) is 16.3. The van der Waals surface area contributed by atoms with Gasteiger partial charge >= 0.3 is 0 Å². The number of anilines is 1. The van der Waals surface area contributed by atoms with Crippen LogP contribution >= 0.6 is 0 Å². The summed E-state index contributed by atoms with van der Waals surface area (Å²) in [7, 11) is 0. The maximum Gasteiger partial charge on any atom is 0.154 e. The number of terminal acetylenes is 1. The van der Waals surface area contributed by atoms with E-state index in [1.54, 1.807) is 6.33 Å². The molecule has 0 spiro atoms. The number of nitrogens with two attached hydrogens (primary N) is 1. The standard InChI is InChI=1S/C20H26N6.C2H2/c1-15(16-5-3-2-4-6-16)24-20-19-17(7-12-26(19)23-14-22-20)13-25-10-8-18(21)9-11-25;1-2/h2-7,12,14-15,18H,8-11,13,21H2,1H3,(H,22,23,24);1-2H/t15-;/m0./s1. The lowest BCUT2D eigenvalue weighted by Crippen LogP contribution is -2.39. The van der Waals surface area contributed by atoms with Gasteiger partial charge in [0.05, 0.1) is 6.04 Å². The molecule has 6 nitrogen and oxygen atoms in total. The first-order valence-corrected chi connectivity index (χ1v) is 9.64. The normalized spacial score (nSPS) is 16.3. The summed E-state index contributed by atoms with van der Waals surface area (Å²) in [5.74, 6) is 0.880. The summed E-state index contributed by atoms with van der Waals surface area (Å²) < 4.78 is 1.91. The molecule has 1 atom stereocenters. The molecule has 1 aromatic carbocycles. The van der Waals surface area contributed by atoms with Crippen LogP contribution in [0.25, 0.3) is 5.52 Å². The number of nitrogens with one attached hydrogen (secondary N) is 1. The van der Waals surface area contributed by atoms with Gasteiger partial charge in [0.2, 0.25) is 0 Å². The third-order valence-corrected chi connectivity index (χ3v) is 5.22. The fraction of sp³-hybridized carbons (Fsp3) is 0.364. The third-order valence-electron chi connectivity index (χ3n) is 5.22. The lowest BCUT2D eigenvalue weighted by molar-refractivity contribution is 0.206. The molecule has 0 bridgehead atoms. The van der Waals surface area contributed by atoms with Crippen molar-refractivity contribution in [2.75, 3.05) is 18.4 Å². The van der Waals surface area contributed by atoms with Crippen molar-refractivity contribution in [1.29, 1.82) is 0 Å². The van der Waals surface area contributed by atoms with Gasteiger partial charge in [0.15, 0.2) is 5.82 Å². The van der Waals surface area contributed by atoms with Crippen LogP contribution in [0.4, 0.5) is 5.82 Å². The Hall–Kier alpha value is -2.88. The minimum absolute atomic E-state index is 0.172. The van der Waals surface area contributed by atoms with E-state index in [4.69, 9.17) is 5.73 Å². The third kappa shape index (κ3) is 4.50. The highest BCUT2D eigenvalue weighted by atomic mass is 15.3. The van der Waals surface area contributed by atoms with Gasteiger partial charge in [-0.2, -0.15) is 5.10 Å². The molecule has 3 aromatic rings. The molecule has 0 aliphatic carbocycles. The van der Waals surface area contributed by atoms with E-state index in [1.807, 2.05) is 16.8 Å². The van der Waals surface area contributed by atoms with Gasteiger partial charge in [-0.25, -0.2) is 9.50 Å². The quantitative estimate of drug-likeness (QED) is 0.670. The fourth-order valence-corrected chi connectivity index (χ4v) is 3.63. The topological polar surface area (TPSA) is 71.5 Å². The molecule has 1 aliphatic heterocycles. The molecule has 0 saturated carbocycles. The van der Waals surface area contributed by atoms with Gasteiger partial charge < -0.3 is 11.1 Å². The number of likely N-dealkylation sites (tertiary alicyclic amines) is 1. The first-order chi connectivity index (χ1) is 13.7. The first kappa shape index (κ1) is 19.9. The molecule has 0 amide bonds. The molecule has 6 heteroatoms. The molecular weight excluding hydrogens is 348 g/mol. The average molecular weight is 377 g/mol. The summed E-state index contributed by atoms with van der Waals surface area (Å²) in [6.45, 7) is 5.17. The molecule has 3 N–H and O–H groups in total. The van der Waals surface area contributed by atoms with Crippen molar-refractivity contribution >= 4 is 11.3 Å². The van der Waals surface area contributed by atoms with Crippen LogP contribution in [-0.2, 0) is 6.54 Å². The minimum atomic E-state index is 0.172. The maximum atomic E-state index is 6.03. The molecule has 1 fully saturated rings. The second-order valence-corrected chi connectivity index (χ2v) is 7.13. The molecule has 4 rings (SSSR count). The van der Waals surface area contributed by atoms with Gasteiger partial charge in [-0.05, 0) is 50.0 Å². The Labute approximate surface area is 166 Å². The molecule has 1 aliphatic rings. The summed E-state index contributed by atoms with van der Waals surface area (Å²) in [5, 5.41) is 7.94. The van der Waals surface area contributed by atoms with Crippen molar-refractivity contribution in [3.8, 4) is 12.8 Å². The summed E-state index contributed by atoms with van der Waals surface area (Å²) in [5.41, 5.74) is 9.59. The van der Waals surface area contributed by atoms with Crippen LogP contribution in [0.1, 0.15) is 36.9 Å². The van der Waals surface area contributed by atoms with Crippen molar-refractivity contribution in [3.05, 3.63) is 60.0 Å². The number of hydrogen-bond donors (Lipinski definition) is 2. The minimum Gasteiger partial charge on any atom is -0.362 e. The van der Waals surface area contributed by atoms with Gasteiger partial charge in [0.1, 0.15) is 11.8 Å². The number of fused-ring (bicyclic) bond motifs is 1. The van der Waals surface area contributed by atoms with E-state index in [2.05, 4.69) is 70.4 Å². The van der Waals surface area contributed by atoms with Crippen molar-refractivity contribution < 1.29 is 0 Å². The molecule has 28 heavy (non-hydrogen) atoms. The highest BCUT2D eigenvalue weighted by Crippen LogP contribution is 2.25. The van der Waals surface area contributed by atoms with Crippen LogP contribution in [0.3, 0.4) is 0 Å². The largest absolute Gasteiger partial charge is 0.362 e. The number of benzene rings is 1. The van der Waals surface area contributed by atoms with Gasteiger partial charge in [-0.1, -0.05) is 30.3 Å². The van der Waals surface area contributed by atoms with Crippen LogP contribution in [-0.4, -0.2) is 38.6 Å². The highest BCUT2D eigenvalue weighted by molar-refractivity contribution is 5.72. The maximum absolute atomic E-state index is 6.03. The number of hydrogen-bond acceptors (Lipinski definition) is 5. The second kappa shape index (κ2) is 9.36. The smallest absolute Gasteiger partial charge is 0.154 e. The second-order valence-electron chi connectivity index (χ2n) is 7.13. The molecule has 2 aromatic heterocycles. The van der Waals surface area contributed by atoms with E-state index in [1.165, 1.54) is 11.1 Å². The lowest BCUT2D eigenvalue weighted by Gasteiger charge is -2.29. The van der Waals surface area contributed by atoms with Crippen LogP contribution < -0.4 is 11.1 Å². The molecule has 146 valence electrons. The Bertz CT molecular complexity index is 893. The predicted molar refractivity (Wildman–Crippen MR) is 114 cm³/mol. The Morgan fingerprint density at radius 1 is 1.18 bits per heavy atom. The van der Waals surface area contributed by atoms with Crippen molar-refractivity contribution in [3.63, 3.8) is 0 Å². The van der Waals surface area contributed by atoms with Crippen LogP contribution in [0.5, 0.6) is 0 Å². The van der Waals surface area contributed by atoms with Crippen LogP contribution in [0.2, 0.25) is 0 Å². The summed E-state index contributed by atoms with van der Waals surface area (Å²) >= 11 is 0. The van der Waals surface area contributed by atoms with E-state index in [9.17, 15) is 0 Å². The van der Waals surface area contributed by atoms with Gasteiger partial charge in [-0.15, -0.1) is 12.8 Å². The number of nitrogens with zero attached hydrogens (tertiary/aromatic N) is 4. The molecular formula is C22H28N6. The fourth-order valence-electron chi connectivity index (χ4n) is 3.63. The van der Waals surface area contributed by atoms with E-state index in [0.717, 1.165) is 43.8 Å². The zero-order chi connectivity index (χ0) is 19.9. The van der Waals surface area contributed by atoms with Gasteiger partial charge in [0, 0.05) is 18.8 Å².